The van der Waals surface area contributed by atoms with E-state index in [0.717, 1.165) is 17.2 Å². The van der Waals surface area contributed by atoms with E-state index in [2.05, 4.69) is 42.2 Å². The predicted molar refractivity (Wildman–Crippen MR) is 93.2 cm³/mol. The smallest absolute Gasteiger partial charge is 0.130 e. The van der Waals surface area contributed by atoms with E-state index in [9.17, 15) is 5.11 Å². The molecule has 0 saturated carbocycles. The molecule has 2 aromatic carbocycles. The Hall–Kier alpha value is -1.26. The number of hydrogen-bond donors (Lipinski definition) is 1. The van der Waals surface area contributed by atoms with Crippen molar-refractivity contribution >= 4 is 34.9 Å². The number of hydrogen-bond acceptors (Lipinski definition) is 4. The predicted octanol–water partition coefficient (Wildman–Crippen LogP) is 4.99. The minimum atomic E-state index is 0.385. The number of thioether (sulfide) groups is 2. The molecule has 1 atom stereocenters. The monoisotopic (exact) mass is 317 g/mol. The third kappa shape index (κ3) is 3.01. The zero-order chi connectivity index (χ0) is 14.8. The van der Waals surface area contributed by atoms with Crippen LogP contribution in [0.2, 0.25) is 0 Å². The number of benzene rings is 2. The molecule has 0 radical (unpaired) electrons. The second-order valence-corrected chi connectivity index (χ2v) is 7.26. The Morgan fingerprint density at radius 1 is 1.24 bits per heavy atom. The first-order chi connectivity index (χ1) is 10.2. The molecule has 4 heteroatoms. The van der Waals surface area contributed by atoms with Crippen LogP contribution in [0.1, 0.15) is 6.92 Å². The quantitative estimate of drug-likeness (QED) is 0.788. The summed E-state index contributed by atoms with van der Waals surface area (Å²) in [6.07, 6.45) is 2.00. The van der Waals surface area contributed by atoms with Gasteiger partial charge in [-0.25, -0.2) is 0 Å². The molecule has 0 saturated heterocycles. The van der Waals surface area contributed by atoms with Crippen molar-refractivity contribution < 1.29 is 5.11 Å². The fraction of sp³-hybridized carbons (Fsp3) is 0.294. The molecule has 1 unspecified atom stereocenters. The summed E-state index contributed by atoms with van der Waals surface area (Å²) in [6, 6.07) is 14.5. The van der Waals surface area contributed by atoms with Gasteiger partial charge in [-0.15, -0.1) is 23.5 Å². The van der Waals surface area contributed by atoms with Gasteiger partial charge in [0.1, 0.15) is 5.75 Å². The molecule has 2 aromatic rings. The lowest BCUT2D eigenvalue weighted by atomic mass is 10.1. The molecule has 21 heavy (non-hydrogen) atoms. The van der Waals surface area contributed by atoms with Crippen molar-refractivity contribution in [3.63, 3.8) is 0 Å². The Balaban J connectivity index is 2.12. The molecule has 1 heterocycles. The summed E-state index contributed by atoms with van der Waals surface area (Å²) >= 11 is 3.43. The third-order valence-electron chi connectivity index (χ3n) is 3.64. The molecule has 2 nitrogen and oxygen atoms in total. The van der Waals surface area contributed by atoms with Crippen molar-refractivity contribution in [2.45, 2.75) is 16.7 Å². The topological polar surface area (TPSA) is 23.5 Å². The molecule has 110 valence electrons. The van der Waals surface area contributed by atoms with E-state index in [0.29, 0.717) is 11.7 Å². The second-order valence-electron chi connectivity index (χ2n) is 5.35. The van der Waals surface area contributed by atoms with Crippen LogP contribution in [-0.2, 0) is 0 Å². The number of aromatic hydroxyl groups is 1. The van der Waals surface area contributed by atoms with Gasteiger partial charge in [0.15, 0.2) is 0 Å². The third-order valence-corrected chi connectivity index (χ3v) is 5.78. The Bertz CT molecular complexity index is 630. The summed E-state index contributed by atoms with van der Waals surface area (Å²) < 4.78 is 0. The Morgan fingerprint density at radius 3 is 2.71 bits per heavy atom. The van der Waals surface area contributed by atoms with E-state index in [1.54, 1.807) is 11.8 Å². The molecular weight excluding hydrogens is 298 g/mol. The molecular formula is C17H19NOS2. The normalized spacial score (nSPS) is 18.2. The molecule has 1 N–H and O–H groups in total. The van der Waals surface area contributed by atoms with Gasteiger partial charge >= 0.3 is 0 Å². The van der Waals surface area contributed by atoms with Crippen LogP contribution in [0, 0.1) is 5.92 Å². The van der Waals surface area contributed by atoms with Crippen molar-refractivity contribution in [2.75, 3.05) is 23.5 Å². The van der Waals surface area contributed by atoms with E-state index in [1.165, 1.54) is 16.3 Å². The number of nitrogens with zero attached hydrogens (tertiary/aromatic N) is 1. The minimum absolute atomic E-state index is 0.385. The first-order valence-electron chi connectivity index (χ1n) is 7.05. The number of rotatable bonds is 2. The molecule has 0 aromatic heterocycles. The largest absolute Gasteiger partial charge is 0.507 e. The van der Waals surface area contributed by atoms with Crippen LogP contribution < -0.4 is 4.90 Å². The van der Waals surface area contributed by atoms with Crippen LogP contribution in [0.3, 0.4) is 0 Å². The van der Waals surface area contributed by atoms with Gasteiger partial charge in [-0.05, 0) is 36.4 Å². The van der Waals surface area contributed by atoms with Gasteiger partial charge in [-0.1, -0.05) is 25.1 Å². The van der Waals surface area contributed by atoms with Crippen LogP contribution in [-0.4, -0.2) is 23.7 Å². The van der Waals surface area contributed by atoms with Gasteiger partial charge in [-0.2, -0.15) is 0 Å². The molecule has 0 amide bonds. The van der Waals surface area contributed by atoms with Crippen molar-refractivity contribution in [2.24, 2.45) is 5.92 Å². The molecule has 0 bridgehead atoms. The SMILES string of the molecule is CSc1cc2c(cc1O)SCC(C)CN2c1ccccc1. The second kappa shape index (κ2) is 6.24. The van der Waals surface area contributed by atoms with E-state index in [1.807, 2.05) is 30.2 Å². The van der Waals surface area contributed by atoms with Crippen molar-refractivity contribution in [3.05, 3.63) is 42.5 Å². The fourth-order valence-electron chi connectivity index (χ4n) is 2.58. The maximum Gasteiger partial charge on any atom is 0.130 e. The van der Waals surface area contributed by atoms with Crippen LogP contribution in [0.5, 0.6) is 5.75 Å². The van der Waals surface area contributed by atoms with Gasteiger partial charge in [0.25, 0.3) is 0 Å². The van der Waals surface area contributed by atoms with Gasteiger partial charge in [0.05, 0.1) is 10.6 Å². The van der Waals surface area contributed by atoms with Crippen molar-refractivity contribution in [3.8, 4) is 5.75 Å². The summed E-state index contributed by atoms with van der Waals surface area (Å²) in [6.45, 7) is 3.28. The van der Waals surface area contributed by atoms with Gasteiger partial charge in [0, 0.05) is 22.9 Å². The first kappa shape index (κ1) is 14.7. The van der Waals surface area contributed by atoms with Crippen LogP contribution in [0.25, 0.3) is 0 Å². The van der Waals surface area contributed by atoms with E-state index < -0.39 is 0 Å². The van der Waals surface area contributed by atoms with E-state index in [-0.39, 0.29) is 0 Å². The molecule has 0 spiro atoms. The minimum Gasteiger partial charge on any atom is -0.507 e. The van der Waals surface area contributed by atoms with Crippen LogP contribution in [0.4, 0.5) is 11.4 Å². The Morgan fingerprint density at radius 2 is 2.00 bits per heavy atom. The molecule has 1 aliphatic heterocycles. The molecule has 3 rings (SSSR count). The van der Waals surface area contributed by atoms with Crippen LogP contribution in [0.15, 0.2) is 52.3 Å². The standard InChI is InChI=1S/C17H19NOS2/c1-12-10-18(13-6-4-3-5-7-13)14-8-17(20-2)15(19)9-16(14)21-11-12/h3-9,12,19H,10-11H2,1-2H3. The van der Waals surface area contributed by atoms with Gasteiger partial charge in [-0.3, -0.25) is 0 Å². The van der Waals surface area contributed by atoms with E-state index in [4.69, 9.17) is 0 Å². The number of phenols is 1. The number of phenolic OH excluding ortho intramolecular Hbond substituents is 1. The first-order valence-corrected chi connectivity index (χ1v) is 9.26. The fourth-order valence-corrected chi connectivity index (χ4v) is 4.15. The lowest BCUT2D eigenvalue weighted by molar-refractivity contribution is 0.461. The van der Waals surface area contributed by atoms with E-state index >= 15 is 0 Å². The summed E-state index contributed by atoms with van der Waals surface area (Å²) in [5.74, 6) is 2.06. The maximum absolute atomic E-state index is 10.1. The highest BCUT2D eigenvalue weighted by Crippen LogP contribution is 2.44. The zero-order valence-corrected chi connectivity index (χ0v) is 13.9. The summed E-state index contributed by atoms with van der Waals surface area (Å²) in [5.41, 5.74) is 2.42. The summed E-state index contributed by atoms with van der Waals surface area (Å²) in [5, 5.41) is 10.1. The van der Waals surface area contributed by atoms with Crippen molar-refractivity contribution in [1.82, 2.24) is 0 Å². The zero-order valence-electron chi connectivity index (χ0n) is 12.2. The molecule has 0 aliphatic carbocycles. The summed E-state index contributed by atoms with van der Waals surface area (Å²) in [4.78, 5) is 4.47. The van der Waals surface area contributed by atoms with Crippen LogP contribution >= 0.6 is 23.5 Å². The summed E-state index contributed by atoms with van der Waals surface area (Å²) in [7, 11) is 0. The average molecular weight is 317 g/mol. The number of para-hydroxylation sites is 1. The Labute approximate surface area is 134 Å². The average Bonchev–Trinajstić information content (AvgIpc) is 2.67. The highest BCUT2D eigenvalue weighted by atomic mass is 32.2. The van der Waals surface area contributed by atoms with Crippen molar-refractivity contribution in [1.29, 1.82) is 0 Å². The van der Waals surface area contributed by atoms with Gasteiger partial charge in [0.2, 0.25) is 0 Å². The molecule has 0 fully saturated rings. The van der Waals surface area contributed by atoms with Gasteiger partial charge < -0.3 is 10.0 Å². The maximum atomic E-state index is 10.1. The number of anilines is 2. The molecule has 1 aliphatic rings. The lowest BCUT2D eigenvalue weighted by Crippen LogP contribution is -2.23. The lowest BCUT2D eigenvalue weighted by Gasteiger charge is -2.27. The highest BCUT2D eigenvalue weighted by molar-refractivity contribution is 7.99. The Kier molecular flexibility index (Phi) is 4.36. The number of fused-ring (bicyclic) bond motifs is 1. The highest BCUT2D eigenvalue weighted by Gasteiger charge is 2.22.